The molecule has 0 N–H and O–H groups in total. The smallest absolute Gasteiger partial charge is 0.423 e. The fourth-order valence-electron chi connectivity index (χ4n) is 1.06. The van der Waals surface area contributed by atoms with Gasteiger partial charge in [-0.25, -0.2) is 4.79 Å². The largest absolute Gasteiger partial charge is 0.673 e. The first-order chi connectivity index (χ1) is 7.75. The standard InChI is InChI=1S/C9H6O2S.BF4/c10-9-4-2-6-1-3-7(12)5-8(6)11-9;2-1(3,4)5/h1-5,12H;/q;-1/p+1. The molecule has 1 aromatic heterocycles. The lowest BCUT2D eigenvalue weighted by atomic mass is 10.2. The van der Waals surface area contributed by atoms with Crippen LogP contribution in [0.1, 0.15) is 0 Å². The first kappa shape index (κ1) is 13.6. The van der Waals surface area contributed by atoms with Gasteiger partial charge in [-0.1, -0.05) is 0 Å². The van der Waals surface area contributed by atoms with Crippen LogP contribution in [0.4, 0.5) is 17.3 Å². The molecule has 0 saturated heterocycles. The third kappa shape index (κ3) is 5.44. The summed E-state index contributed by atoms with van der Waals surface area (Å²) in [6.07, 6.45) is 0. The van der Waals surface area contributed by atoms with E-state index in [2.05, 4.69) is 12.6 Å². The molecule has 1 aromatic carbocycles. The average Bonchev–Trinajstić information content (AvgIpc) is 2.14. The summed E-state index contributed by atoms with van der Waals surface area (Å²) in [5.41, 5.74) is 0.287. The lowest BCUT2D eigenvalue weighted by Gasteiger charge is -1.94. The third-order valence-electron chi connectivity index (χ3n) is 1.62. The first-order valence-corrected chi connectivity index (χ1v) is 4.88. The summed E-state index contributed by atoms with van der Waals surface area (Å²) in [7, 11) is -6.00. The lowest BCUT2D eigenvalue weighted by Crippen LogP contribution is -2.02. The molecule has 0 aliphatic carbocycles. The van der Waals surface area contributed by atoms with Crippen LogP contribution in [0.25, 0.3) is 11.0 Å². The Balaban J connectivity index is 0.000000249. The molecule has 0 saturated carbocycles. The highest BCUT2D eigenvalue weighted by Crippen LogP contribution is 2.12. The topological polar surface area (TPSA) is 30.2 Å². The molecular weight excluding hydrogens is 259 g/mol. The van der Waals surface area contributed by atoms with E-state index in [4.69, 9.17) is 4.42 Å². The molecule has 2 aromatic rings. The van der Waals surface area contributed by atoms with Crippen LogP contribution < -0.4 is 5.63 Å². The quantitative estimate of drug-likeness (QED) is 0.317. The van der Waals surface area contributed by atoms with Crippen molar-refractivity contribution in [2.75, 3.05) is 0 Å². The van der Waals surface area contributed by atoms with Crippen LogP contribution in [-0.2, 0) is 12.6 Å². The highest BCUT2D eigenvalue weighted by molar-refractivity contribution is 7.58. The summed E-state index contributed by atoms with van der Waals surface area (Å²) in [6, 6.07) is 8.72. The Bertz CT molecular complexity index is 561. The number of hydrogen-bond donors (Lipinski definition) is 0. The Labute approximate surface area is 98.8 Å². The molecule has 8 heteroatoms. The van der Waals surface area contributed by atoms with E-state index in [1.165, 1.54) is 6.07 Å². The van der Waals surface area contributed by atoms with Crippen molar-refractivity contribution in [1.82, 2.24) is 0 Å². The van der Waals surface area contributed by atoms with E-state index >= 15 is 0 Å². The molecule has 0 amide bonds. The predicted molar refractivity (Wildman–Crippen MR) is 61.1 cm³/mol. The van der Waals surface area contributed by atoms with Crippen molar-refractivity contribution in [3.05, 3.63) is 40.8 Å². The summed E-state index contributed by atoms with van der Waals surface area (Å²) < 4.78 is 44.0. The van der Waals surface area contributed by atoms with Crippen LogP contribution in [0.5, 0.6) is 0 Å². The molecule has 0 radical (unpaired) electrons. The van der Waals surface area contributed by atoms with Gasteiger partial charge in [-0.05, 0) is 30.8 Å². The normalized spacial score (nSPS) is 10.9. The highest BCUT2D eigenvalue weighted by atomic mass is 32.1. The van der Waals surface area contributed by atoms with E-state index in [1.54, 1.807) is 12.1 Å². The van der Waals surface area contributed by atoms with Crippen molar-refractivity contribution < 1.29 is 21.7 Å². The van der Waals surface area contributed by atoms with Crippen molar-refractivity contribution in [3.63, 3.8) is 0 Å². The van der Waals surface area contributed by atoms with Crippen LogP contribution in [0.3, 0.4) is 0 Å². The summed E-state index contributed by atoms with van der Waals surface area (Å²) in [5.74, 6) is 0. The monoisotopic (exact) mass is 266 g/mol. The molecule has 2 nitrogen and oxygen atoms in total. The SMILES string of the molecule is F[B-](F)(F)F.O=c1ccc2ccc([SH2+])cc2o1. The zero-order chi connectivity index (χ0) is 13.1. The summed E-state index contributed by atoms with van der Waals surface area (Å²) >= 11 is 3.34. The molecule has 0 unspecified atom stereocenters. The van der Waals surface area contributed by atoms with Gasteiger partial charge in [-0.2, -0.15) is 0 Å². The fraction of sp³-hybridized carbons (Fsp3) is 0. The molecule has 0 spiro atoms. The zero-order valence-corrected chi connectivity index (χ0v) is 9.29. The Morgan fingerprint density at radius 3 is 2.18 bits per heavy atom. The van der Waals surface area contributed by atoms with E-state index in [0.29, 0.717) is 5.58 Å². The molecule has 2 rings (SSSR count). The Hall–Kier alpha value is -1.44. The fourth-order valence-corrected chi connectivity index (χ4v) is 1.28. The van der Waals surface area contributed by atoms with Crippen molar-refractivity contribution in [2.45, 2.75) is 4.90 Å². The number of benzene rings is 1. The van der Waals surface area contributed by atoms with Crippen molar-refractivity contribution in [1.29, 1.82) is 0 Å². The maximum atomic E-state index is 10.8. The van der Waals surface area contributed by atoms with E-state index in [1.807, 2.05) is 12.1 Å². The van der Waals surface area contributed by atoms with Gasteiger partial charge in [0.25, 0.3) is 0 Å². The van der Waals surface area contributed by atoms with Crippen LogP contribution in [0, 0.1) is 0 Å². The number of hydrogen-bond acceptors (Lipinski definition) is 2. The van der Waals surface area contributed by atoms with E-state index < -0.39 is 7.25 Å². The minimum Gasteiger partial charge on any atom is -0.423 e. The van der Waals surface area contributed by atoms with Crippen LogP contribution in [-0.4, -0.2) is 7.25 Å². The van der Waals surface area contributed by atoms with Gasteiger partial charge in [-0.15, -0.1) is 0 Å². The maximum Gasteiger partial charge on any atom is 0.673 e. The Morgan fingerprint density at radius 1 is 1.06 bits per heavy atom. The van der Waals surface area contributed by atoms with Gasteiger partial charge in [0.15, 0.2) is 4.90 Å². The van der Waals surface area contributed by atoms with Crippen LogP contribution in [0.2, 0.25) is 0 Å². The number of fused-ring (bicyclic) bond motifs is 1. The molecule has 17 heavy (non-hydrogen) atoms. The zero-order valence-electron chi connectivity index (χ0n) is 8.29. The van der Waals surface area contributed by atoms with E-state index in [9.17, 15) is 22.1 Å². The van der Waals surface area contributed by atoms with Gasteiger partial charge in [-0.3, -0.25) is 0 Å². The predicted octanol–water partition coefficient (Wildman–Crippen LogP) is 2.46. The molecule has 1 heterocycles. The average molecular weight is 266 g/mol. The highest BCUT2D eigenvalue weighted by Gasteiger charge is 2.20. The minimum absolute atomic E-state index is 0.320. The first-order valence-electron chi connectivity index (χ1n) is 4.38. The minimum atomic E-state index is -6.00. The maximum absolute atomic E-state index is 10.8. The molecule has 0 aliphatic rings. The molecular formula is C9H7BF4O2S. The number of halogens is 4. The Kier molecular flexibility index (Phi) is 4.22. The van der Waals surface area contributed by atoms with Crippen molar-refractivity contribution in [3.8, 4) is 0 Å². The second kappa shape index (κ2) is 5.26. The van der Waals surface area contributed by atoms with E-state index in [0.717, 1.165) is 10.3 Å². The lowest BCUT2D eigenvalue weighted by molar-refractivity contribution is 0.368. The van der Waals surface area contributed by atoms with Gasteiger partial charge >= 0.3 is 12.9 Å². The summed E-state index contributed by atoms with van der Waals surface area (Å²) in [5, 5.41) is 0.927. The van der Waals surface area contributed by atoms with Gasteiger partial charge < -0.3 is 21.7 Å². The van der Waals surface area contributed by atoms with Gasteiger partial charge in [0.2, 0.25) is 0 Å². The van der Waals surface area contributed by atoms with Gasteiger partial charge in [0.1, 0.15) is 5.58 Å². The molecule has 92 valence electrons. The van der Waals surface area contributed by atoms with Crippen molar-refractivity contribution >= 4 is 30.9 Å². The van der Waals surface area contributed by atoms with Crippen molar-refractivity contribution in [2.24, 2.45) is 0 Å². The van der Waals surface area contributed by atoms with Crippen LogP contribution >= 0.6 is 0 Å². The third-order valence-corrected chi connectivity index (χ3v) is 1.93. The summed E-state index contributed by atoms with van der Waals surface area (Å²) in [4.78, 5) is 11.7. The van der Waals surface area contributed by atoms with E-state index in [-0.39, 0.29) is 5.63 Å². The second-order valence-electron chi connectivity index (χ2n) is 3.00. The van der Waals surface area contributed by atoms with Crippen LogP contribution in [0.15, 0.2) is 44.4 Å². The number of rotatable bonds is 0. The molecule has 0 aliphatic heterocycles. The Morgan fingerprint density at radius 2 is 1.59 bits per heavy atom. The molecule has 0 bridgehead atoms. The molecule has 0 fully saturated rings. The summed E-state index contributed by atoms with van der Waals surface area (Å²) in [6.45, 7) is 0. The molecule has 0 atom stereocenters. The second-order valence-corrected chi connectivity index (χ2v) is 3.58. The van der Waals surface area contributed by atoms with Gasteiger partial charge in [0.05, 0.1) is 0 Å². The van der Waals surface area contributed by atoms with Gasteiger partial charge in [0, 0.05) is 17.5 Å².